The molecule has 0 saturated carbocycles. The fraction of sp³-hybridized carbons (Fsp3) is 0.143. The van der Waals surface area contributed by atoms with Gasteiger partial charge in [-0.2, -0.15) is 0 Å². The summed E-state index contributed by atoms with van der Waals surface area (Å²) in [5.74, 6) is 0.743. The number of benzene rings is 1. The summed E-state index contributed by atoms with van der Waals surface area (Å²) in [6.07, 6.45) is 1.60. The molecule has 0 saturated heterocycles. The number of thiophene rings is 1. The Hall–Kier alpha value is -1.46. The van der Waals surface area contributed by atoms with E-state index in [9.17, 15) is 4.39 Å². The summed E-state index contributed by atoms with van der Waals surface area (Å²) in [5.41, 5.74) is 2.08. The van der Waals surface area contributed by atoms with Crippen molar-refractivity contribution < 1.29 is 4.39 Å². The van der Waals surface area contributed by atoms with Gasteiger partial charge in [0, 0.05) is 10.9 Å². The molecule has 0 fully saturated rings. The number of rotatable bonds is 3. The number of thioether (sulfide) groups is 1. The maximum atomic E-state index is 13.0. The molecule has 0 unspecified atom stereocenters. The van der Waals surface area contributed by atoms with Crippen LogP contribution in [0, 0.1) is 5.82 Å². The lowest BCUT2D eigenvalue weighted by atomic mass is 10.1. The van der Waals surface area contributed by atoms with Crippen LogP contribution >= 0.6 is 23.1 Å². The van der Waals surface area contributed by atoms with Crippen molar-refractivity contribution in [3.05, 3.63) is 41.8 Å². The van der Waals surface area contributed by atoms with Crippen molar-refractivity contribution in [1.29, 1.82) is 0 Å². The van der Waals surface area contributed by atoms with Gasteiger partial charge in [0.2, 0.25) is 0 Å². The van der Waals surface area contributed by atoms with Crippen LogP contribution < -0.4 is 0 Å². The van der Waals surface area contributed by atoms with E-state index in [1.807, 2.05) is 0 Å². The minimum Gasteiger partial charge on any atom is -0.229 e. The lowest BCUT2D eigenvalue weighted by Crippen LogP contribution is -1.86. The molecule has 0 aliphatic carbocycles. The summed E-state index contributed by atoms with van der Waals surface area (Å²) in [6.45, 7) is 2.10. The van der Waals surface area contributed by atoms with Gasteiger partial charge in [-0.25, -0.2) is 14.4 Å². The lowest BCUT2D eigenvalue weighted by molar-refractivity contribution is 0.628. The van der Waals surface area contributed by atoms with Crippen molar-refractivity contribution >= 4 is 33.3 Å². The highest BCUT2D eigenvalue weighted by atomic mass is 32.2. The molecule has 2 aromatic heterocycles. The zero-order valence-corrected chi connectivity index (χ0v) is 11.9. The van der Waals surface area contributed by atoms with E-state index in [-0.39, 0.29) is 5.82 Å². The first-order valence-corrected chi connectivity index (χ1v) is 7.77. The van der Waals surface area contributed by atoms with Crippen molar-refractivity contribution in [1.82, 2.24) is 9.97 Å². The Bertz CT molecular complexity index is 707. The van der Waals surface area contributed by atoms with Crippen LogP contribution in [-0.2, 0) is 0 Å². The van der Waals surface area contributed by atoms with E-state index in [4.69, 9.17) is 0 Å². The number of aromatic nitrogens is 2. The molecule has 0 N–H and O–H groups in total. The van der Waals surface area contributed by atoms with Gasteiger partial charge in [0.05, 0.1) is 5.39 Å². The van der Waals surface area contributed by atoms with Gasteiger partial charge in [0.1, 0.15) is 22.0 Å². The first kappa shape index (κ1) is 12.6. The molecular formula is C14H11FN2S2. The van der Waals surface area contributed by atoms with Gasteiger partial charge in [-0.05, 0) is 23.4 Å². The molecule has 3 rings (SSSR count). The maximum absolute atomic E-state index is 13.0. The Morgan fingerprint density at radius 3 is 2.74 bits per heavy atom. The molecule has 0 spiro atoms. The van der Waals surface area contributed by atoms with Crippen molar-refractivity contribution in [2.24, 2.45) is 0 Å². The second-order valence-electron chi connectivity index (χ2n) is 3.95. The number of hydrogen-bond donors (Lipinski definition) is 0. The molecule has 1 aromatic carbocycles. The Balaban J connectivity index is 2.21. The van der Waals surface area contributed by atoms with E-state index in [0.29, 0.717) is 0 Å². The van der Waals surface area contributed by atoms with Crippen LogP contribution in [0.4, 0.5) is 4.39 Å². The van der Waals surface area contributed by atoms with E-state index in [1.54, 1.807) is 41.6 Å². The van der Waals surface area contributed by atoms with Crippen LogP contribution in [0.1, 0.15) is 6.92 Å². The molecule has 0 aliphatic heterocycles. The molecule has 2 nitrogen and oxygen atoms in total. The fourth-order valence-corrected chi connectivity index (χ4v) is 3.66. The Kier molecular flexibility index (Phi) is 3.48. The SMILES string of the molecule is CCSc1ncnc2scc(-c3ccc(F)cc3)c12. The van der Waals surface area contributed by atoms with Gasteiger partial charge in [-0.1, -0.05) is 19.1 Å². The maximum Gasteiger partial charge on any atom is 0.128 e. The third-order valence-corrected chi connectivity index (χ3v) is 4.53. The first-order chi connectivity index (χ1) is 9.29. The van der Waals surface area contributed by atoms with Gasteiger partial charge < -0.3 is 0 Å². The summed E-state index contributed by atoms with van der Waals surface area (Å²) in [5, 5.41) is 4.13. The minimum atomic E-state index is -0.220. The molecular weight excluding hydrogens is 279 g/mol. The predicted octanol–water partition coefficient (Wildman–Crippen LogP) is 4.61. The monoisotopic (exact) mass is 290 g/mol. The molecule has 3 aromatic rings. The summed E-state index contributed by atoms with van der Waals surface area (Å²) in [6, 6.07) is 6.55. The highest BCUT2D eigenvalue weighted by Gasteiger charge is 2.12. The van der Waals surface area contributed by atoms with Crippen LogP contribution in [0.3, 0.4) is 0 Å². The smallest absolute Gasteiger partial charge is 0.128 e. The molecule has 5 heteroatoms. The number of fused-ring (bicyclic) bond motifs is 1. The molecule has 0 amide bonds. The summed E-state index contributed by atoms with van der Waals surface area (Å²) in [7, 11) is 0. The molecule has 0 bridgehead atoms. The van der Waals surface area contributed by atoms with E-state index >= 15 is 0 Å². The van der Waals surface area contributed by atoms with E-state index < -0.39 is 0 Å². The van der Waals surface area contributed by atoms with Crippen LogP contribution in [0.5, 0.6) is 0 Å². The average molecular weight is 290 g/mol. The van der Waals surface area contributed by atoms with Gasteiger partial charge >= 0.3 is 0 Å². The highest BCUT2D eigenvalue weighted by molar-refractivity contribution is 7.99. The van der Waals surface area contributed by atoms with Gasteiger partial charge in [-0.15, -0.1) is 23.1 Å². The van der Waals surface area contributed by atoms with Crippen molar-refractivity contribution in [3.63, 3.8) is 0 Å². The molecule has 19 heavy (non-hydrogen) atoms. The molecule has 2 heterocycles. The molecule has 0 radical (unpaired) electrons. The van der Waals surface area contributed by atoms with Crippen molar-refractivity contribution in [2.45, 2.75) is 11.9 Å². The average Bonchev–Trinajstić information content (AvgIpc) is 2.85. The van der Waals surface area contributed by atoms with Gasteiger partial charge in [0.25, 0.3) is 0 Å². The normalized spacial score (nSPS) is 11.1. The van der Waals surface area contributed by atoms with Crippen LogP contribution in [0.2, 0.25) is 0 Å². The van der Waals surface area contributed by atoms with Gasteiger partial charge in [-0.3, -0.25) is 0 Å². The fourth-order valence-electron chi connectivity index (χ4n) is 1.94. The van der Waals surface area contributed by atoms with Crippen molar-refractivity contribution in [3.8, 4) is 11.1 Å². The van der Waals surface area contributed by atoms with E-state index in [1.165, 1.54) is 12.1 Å². The molecule has 0 atom stereocenters. The predicted molar refractivity (Wildman–Crippen MR) is 79.2 cm³/mol. The van der Waals surface area contributed by atoms with E-state index in [2.05, 4.69) is 22.3 Å². The van der Waals surface area contributed by atoms with Crippen LogP contribution in [0.15, 0.2) is 41.0 Å². The topological polar surface area (TPSA) is 25.8 Å². The summed E-state index contributed by atoms with van der Waals surface area (Å²) < 4.78 is 13.0. The largest absolute Gasteiger partial charge is 0.229 e. The zero-order chi connectivity index (χ0) is 13.2. The zero-order valence-electron chi connectivity index (χ0n) is 10.3. The summed E-state index contributed by atoms with van der Waals surface area (Å²) in [4.78, 5) is 9.64. The number of nitrogens with zero attached hydrogens (tertiary/aromatic N) is 2. The number of halogens is 1. The second kappa shape index (κ2) is 5.27. The standard InChI is InChI=1S/C14H11FN2S2/c1-2-18-13-12-11(7-19-14(12)17-8-16-13)9-3-5-10(15)6-4-9/h3-8H,2H2,1H3. The molecule has 96 valence electrons. The highest BCUT2D eigenvalue weighted by Crippen LogP contribution is 2.37. The summed E-state index contributed by atoms with van der Waals surface area (Å²) >= 11 is 3.30. The minimum absolute atomic E-state index is 0.220. The molecule has 0 aliphatic rings. The second-order valence-corrected chi connectivity index (χ2v) is 6.06. The van der Waals surface area contributed by atoms with Crippen LogP contribution in [-0.4, -0.2) is 15.7 Å². The Morgan fingerprint density at radius 1 is 1.21 bits per heavy atom. The van der Waals surface area contributed by atoms with Crippen LogP contribution in [0.25, 0.3) is 21.3 Å². The Labute approximate surface area is 118 Å². The van der Waals surface area contributed by atoms with Crippen molar-refractivity contribution in [2.75, 3.05) is 5.75 Å². The van der Waals surface area contributed by atoms with Gasteiger partial charge in [0.15, 0.2) is 0 Å². The quantitative estimate of drug-likeness (QED) is 0.520. The lowest BCUT2D eigenvalue weighted by Gasteiger charge is -2.03. The van der Waals surface area contributed by atoms with E-state index in [0.717, 1.165) is 32.1 Å². The third kappa shape index (κ3) is 2.35. The first-order valence-electron chi connectivity index (χ1n) is 5.90. The Morgan fingerprint density at radius 2 is 2.00 bits per heavy atom. The third-order valence-electron chi connectivity index (χ3n) is 2.77. The number of hydrogen-bond acceptors (Lipinski definition) is 4.